The molecular weight excluding hydrogens is 370 g/mol. The van der Waals surface area contributed by atoms with Gasteiger partial charge in [-0.1, -0.05) is 5.11 Å². The largest absolute Gasteiger partial charge is 0.344 e. The van der Waals surface area contributed by atoms with Crippen LogP contribution in [0.4, 0.5) is 0 Å². The third kappa shape index (κ3) is 2.94. The lowest BCUT2D eigenvalue weighted by Gasteiger charge is -2.24. The molecule has 2 fully saturated rings. The van der Waals surface area contributed by atoms with E-state index in [4.69, 9.17) is 15.0 Å². The van der Waals surface area contributed by atoms with Crippen LogP contribution < -0.4 is 11.2 Å². The van der Waals surface area contributed by atoms with Crippen molar-refractivity contribution in [3.8, 4) is 0 Å². The normalized spacial score (nSPS) is 31.6. The number of aromatic nitrogens is 2. The van der Waals surface area contributed by atoms with Gasteiger partial charge in [-0.05, 0) is 47.6 Å². The zero-order valence-corrected chi connectivity index (χ0v) is 14.2. The molecular formula is C13H16BrN5O4. The second-order valence-electron chi connectivity index (χ2n) is 6.18. The Balaban J connectivity index is 1.99. The highest BCUT2D eigenvalue weighted by molar-refractivity contribution is 9.10. The Bertz CT molecular complexity index is 781. The van der Waals surface area contributed by atoms with Crippen molar-refractivity contribution in [1.82, 2.24) is 9.55 Å². The molecule has 1 saturated heterocycles. The summed E-state index contributed by atoms with van der Waals surface area (Å²) in [4.78, 5) is 28.7. The number of hydrogen-bond acceptors (Lipinski definition) is 5. The maximum Gasteiger partial charge on any atom is 0.328 e. The highest BCUT2D eigenvalue weighted by Gasteiger charge is 2.54. The van der Waals surface area contributed by atoms with Crippen molar-refractivity contribution in [2.24, 2.45) is 11.0 Å². The van der Waals surface area contributed by atoms with Gasteiger partial charge in [0.2, 0.25) is 0 Å². The number of nitrogens with one attached hydrogen (secondary N) is 1. The molecule has 1 aromatic heterocycles. The second-order valence-corrected chi connectivity index (χ2v) is 7.04. The summed E-state index contributed by atoms with van der Waals surface area (Å²) in [5.41, 5.74) is 7.57. The van der Waals surface area contributed by atoms with E-state index >= 15 is 0 Å². The molecule has 3 rings (SSSR count). The van der Waals surface area contributed by atoms with Gasteiger partial charge in [0.25, 0.3) is 5.56 Å². The van der Waals surface area contributed by atoms with Crippen molar-refractivity contribution in [3.63, 3.8) is 0 Å². The van der Waals surface area contributed by atoms with Crippen LogP contribution >= 0.6 is 15.9 Å². The molecule has 124 valence electrons. The number of azide groups is 1. The highest BCUT2D eigenvalue weighted by atomic mass is 79.9. The quantitative estimate of drug-likeness (QED) is 0.483. The van der Waals surface area contributed by atoms with Crippen LogP contribution in [0.3, 0.4) is 0 Å². The molecule has 0 amide bonds. The van der Waals surface area contributed by atoms with Crippen molar-refractivity contribution < 1.29 is 9.47 Å². The maximum atomic E-state index is 12.2. The molecule has 4 atom stereocenters. The summed E-state index contributed by atoms with van der Waals surface area (Å²) in [6.45, 7) is 3.88. The molecule has 0 radical (unpaired) electrons. The van der Waals surface area contributed by atoms with Crippen LogP contribution in [-0.4, -0.2) is 34.1 Å². The van der Waals surface area contributed by atoms with Gasteiger partial charge in [0.05, 0.1) is 16.6 Å². The van der Waals surface area contributed by atoms with Gasteiger partial charge in [0, 0.05) is 17.7 Å². The molecule has 0 spiro atoms. The molecule has 1 unspecified atom stereocenters. The standard InChI is InChI=1S/C13H16BrN5O4/c1-13(2)22-9-6(4-16-18-15)3-8(10(9)23-13)19-5-7(14)11(20)17-12(19)21/h5-6,8-10H,3-4H2,1-2H3,(H,17,20,21)/t6-,8-,9+,10?/m1/s1. The number of nitrogens with zero attached hydrogens (tertiary/aromatic N) is 4. The molecule has 9 nitrogen and oxygen atoms in total. The van der Waals surface area contributed by atoms with Crippen LogP contribution in [0.15, 0.2) is 25.4 Å². The molecule has 23 heavy (non-hydrogen) atoms. The first-order valence-electron chi connectivity index (χ1n) is 7.20. The number of ether oxygens (including phenoxy) is 2. The van der Waals surface area contributed by atoms with E-state index < -0.39 is 17.0 Å². The summed E-state index contributed by atoms with van der Waals surface area (Å²) in [5.74, 6) is -0.827. The van der Waals surface area contributed by atoms with E-state index in [1.54, 1.807) is 13.8 Å². The van der Waals surface area contributed by atoms with Crippen LogP contribution in [0.1, 0.15) is 26.3 Å². The Kier molecular flexibility index (Phi) is 4.09. The van der Waals surface area contributed by atoms with Gasteiger partial charge in [-0.3, -0.25) is 14.3 Å². The van der Waals surface area contributed by atoms with E-state index in [0.717, 1.165) is 0 Å². The Labute approximate surface area is 139 Å². The lowest BCUT2D eigenvalue weighted by Crippen LogP contribution is -2.37. The molecule has 2 heterocycles. The number of aromatic amines is 1. The molecule has 1 aliphatic heterocycles. The number of hydrogen-bond donors (Lipinski definition) is 1. The van der Waals surface area contributed by atoms with E-state index in [-0.39, 0.29) is 35.2 Å². The predicted octanol–water partition coefficient (Wildman–Crippen LogP) is 1.69. The molecule has 1 aromatic rings. The van der Waals surface area contributed by atoms with Gasteiger partial charge < -0.3 is 9.47 Å². The van der Waals surface area contributed by atoms with Gasteiger partial charge in [-0.2, -0.15) is 0 Å². The van der Waals surface area contributed by atoms with Gasteiger partial charge in [-0.15, -0.1) is 0 Å². The molecule has 10 heteroatoms. The fourth-order valence-corrected chi connectivity index (χ4v) is 3.68. The summed E-state index contributed by atoms with van der Waals surface area (Å²) < 4.78 is 13.6. The zero-order chi connectivity index (χ0) is 16.8. The number of halogens is 1. The molecule has 0 bridgehead atoms. The third-order valence-corrected chi connectivity index (χ3v) is 4.78. The average Bonchev–Trinajstić information content (AvgIpc) is 2.94. The van der Waals surface area contributed by atoms with E-state index in [0.29, 0.717) is 6.42 Å². The Morgan fingerprint density at radius 1 is 1.48 bits per heavy atom. The number of H-pyrrole nitrogens is 1. The van der Waals surface area contributed by atoms with Crippen molar-refractivity contribution in [3.05, 3.63) is 42.0 Å². The fourth-order valence-electron chi connectivity index (χ4n) is 3.36. The topological polar surface area (TPSA) is 122 Å². The molecule has 0 aromatic carbocycles. The minimum Gasteiger partial charge on any atom is -0.344 e. The summed E-state index contributed by atoms with van der Waals surface area (Å²) >= 11 is 3.14. The predicted molar refractivity (Wildman–Crippen MR) is 84.0 cm³/mol. The summed E-state index contributed by atoms with van der Waals surface area (Å²) in [5, 5.41) is 3.63. The minimum atomic E-state index is -0.772. The minimum absolute atomic E-state index is 0.0553. The van der Waals surface area contributed by atoms with E-state index in [1.165, 1.54) is 10.8 Å². The van der Waals surface area contributed by atoms with Gasteiger partial charge in [-0.25, -0.2) is 4.79 Å². The Morgan fingerprint density at radius 2 is 2.17 bits per heavy atom. The second kappa shape index (κ2) is 5.79. The van der Waals surface area contributed by atoms with Crippen molar-refractivity contribution in [1.29, 1.82) is 0 Å². The molecule has 1 saturated carbocycles. The summed E-state index contributed by atoms with van der Waals surface area (Å²) in [7, 11) is 0. The monoisotopic (exact) mass is 385 g/mol. The van der Waals surface area contributed by atoms with Crippen LogP contribution in [0.5, 0.6) is 0 Å². The van der Waals surface area contributed by atoms with E-state index in [9.17, 15) is 9.59 Å². The molecule has 1 aliphatic carbocycles. The van der Waals surface area contributed by atoms with Crippen LogP contribution in [0.25, 0.3) is 10.4 Å². The van der Waals surface area contributed by atoms with Gasteiger partial charge in [0.1, 0.15) is 6.10 Å². The lowest BCUT2D eigenvalue weighted by atomic mass is 10.1. The van der Waals surface area contributed by atoms with Gasteiger partial charge >= 0.3 is 5.69 Å². The SMILES string of the molecule is CC1(C)OC2[C@@H](O1)[C@@H](CN=[N+]=[N-])C[C@H]2n1cc(Br)c(=O)[nH]c1=O. The third-order valence-electron chi connectivity index (χ3n) is 4.21. The van der Waals surface area contributed by atoms with Crippen LogP contribution in [-0.2, 0) is 9.47 Å². The van der Waals surface area contributed by atoms with Crippen molar-refractivity contribution in [2.75, 3.05) is 6.54 Å². The van der Waals surface area contributed by atoms with Crippen LogP contribution in [0, 0.1) is 5.92 Å². The zero-order valence-electron chi connectivity index (χ0n) is 12.6. The first-order valence-corrected chi connectivity index (χ1v) is 7.99. The smallest absolute Gasteiger partial charge is 0.328 e. The summed E-state index contributed by atoms with van der Waals surface area (Å²) in [6, 6.07) is -0.304. The van der Waals surface area contributed by atoms with Crippen LogP contribution in [0.2, 0.25) is 0 Å². The first kappa shape index (κ1) is 16.3. The molecule has 1 N–H and O–H groups in total. The average molecular weight is 386 g/mol. The van der Waals surface area contributed by atoms with Crippen molar-refractivity contribution in [2.45, 2.75) is 44.3 Å². The Morgan fingerprint density at radius 3 is 2.87 bits per heavy atom. The van der Waals surface area contributed by atoms with Gasteiger partial charge in [0.15, 0.2) is 5.79 Å². The molecule has 2 aliphatic rings. The summed E-state index contributed by atoms with van der Waals surface area (Å²) in [6.07, 6.45) is 1.41. The Hall–Kier alpha value is -1.61. The fraction of sp³-hybridized carbons (Fsp3) is 0.692. The van der Waals surface area contributed by atoms with E-state index in [1.807, 2.05) is 0 Å². The van der Waals surface area contributed by atoms with Crippen molar-refractivity contribution >= 4 is 15.9 Å². The first-order chi connectivity index (χ1) is 10.8. The number of fused-ring (bicyclic) bond motifs is 1. The highest BCUT2D eigenvalue weighted by Crippen LogP contribution is 2.46. The lowest BCUT2D eigenvalue weighted by molar-refractivity contribution is -0.160. The van der Waals surface area contributed by atoms with E-state index in [2.05, 4.69) is 30.9 Å². The maximum absolute atomic E-state index is 12.2. The number of rotatable bonds is 3.